The van der Waals surface area contributed by atoms with Crippen molar-refractivity contribution >= 4 is 56.6 Å². The Morgan fingerprint density at radius 2 is 2.03 bits per heavy atom. The van der Waals surface area contributed by atoms with Crippen molar-refractivity contribution in [3.8, 4) is 10.4 Å². The maximum atomic E-state index is 13.5. The van der Waals surface area contributed by atoms with Gasteiger partial charge in [0.15, 0.2) is 5.16 Å². The number of amides is 3. The van der Waals surface area contributed by atoms with E-state index in [9.17, 15) is 14.4 Å². The Labute approximate surface area is 186 Å². The summed E-state index contributed by atoms with van der Waals surface area (Å²) in [5.74, 6) is -0.0202. The fourth-order valence-electron chi connectivity index (χ4n) is 2.78. The molecule has 30 heavy (non-hydrogen) atoms. The first kappa shape index (κ1) is 22.5. The number of rotatable bonds is 7. The second-order valence-corrected chi connectivity index (χ2v) is 10.3. The van der Waals surface area contributed by atoms with Gasteiger partial charge in [-0.25, -0.2) is 9.78 Å². The van der Waals surface area contributed by atoms with Crippen LogP contribution in [0.15, 0.2) is 32.8 Å². The SMILES string of the molecule is CNC(=O)NC(=O)C(C)Sc1nc2scc(-c3cccs3)c2c(=O)n1CCC(C)C. The van der Waals surface area contributed by atoms with Crippen molar-refractivity contribution < 1.29 is 9.59 Å². The second-order valence-electron chi connectivity index (χ2n) is 7.17. The molecule has 7 nitrogen and oxygen atoms in total. The molecule has 3 aromatic heterocycles. The molecule has 0 radical (unpaired) electrons. The number of thiophene rings is 2. The standard InChI is InChI=1S/C20H24N4O3S3/c1-11(2)7-8-24-18(26)15-13(14-6-5-9-28-14)10-29-17(15)23-20(24)30-12(3)16(25)22-19(27)21-4/h5-6,9-12H,7-8H2,1-4H3,(H2,21,22,25,27). The van der Waals surface area contributed by atoms with E-state index in [-0.39, 0.29) is 5.56 Å². The average molecular weight is 465 g/mol. The van der Waals surface area contributed by atoms with Crippen molar-refractivity contribution in [2.24, 2.45) is 5.92 Å². The molecule has 3 rings (SSSR count). The zero-order chi connectivity index (χ0) is 21.8. The van der Waals surface area contributed by atoms with Gasteiger partial charge in [0.1, 0.15) is 4.83 Å². The van der Waals surface area contributed by atoms with Crippen molar-refractivity contribution in [2.75, 3.05) is 7.05 Å². The fourth-order valence-corrected chi connectivity index (χ4v) is 5.52. The van der Waals surface area contributed by atoms with Crippen LogP contribution < -0.4 is 16.2 Å². The van der Waals surface area contributed by atoms with Gasteiger partial charge in [-0.15, -0.1) is 22.7 Å². The van der Waals surface area contributed by atoms with E-state index in [4.69, 9.17) is 4.98 Å². The monoisotopic (exact) mass is 464 g/mol. The number of hydrogen-bond acceptors (Lipinski definition) is 7. The molecule has 0 spiro atoms. The maximum Gasteiger partial charge on any atom is 0.321 e. The van der Waals surface area contributed by atoms with Crippen LogP contribution in [0.3, 0.4) is 0 Å². The molecule has 10 heteroatoms. The lowest BCUT2D eigenvalue weighted by atomic mass is 10.1. The highest BCUT2D eigenvalue weighted by Gasteiger charge is 2.23. The minimum Gasteiger partial charge on any atom is -0.341 e. The maximum absolute atomic E-state index is 13.5. The number of carbonyl (C=O) groups excluding carboxylic acids is 2. The average Bonchev–Trinajstić information content (AvgIpc) is 3.36. The first-order valence-electron chi connectivity index (χ1n) is 9.57. The van der Waals surface area contributed by atoms with Gasteiger partial charge in [0.2, 0.25) is 5.91 Å². The predicted octanol–water partition coefficient (Wildman–Crippen LogP) is 4.17. The molecule has 0 saturated heterocycles. The van der Waals surface area contributed by atoms with E-state index in [0.717, 1.165) is 16.9 Å². The lowest BCUT2D eigenvalue weighted by molar-refractivity contribution is -0.119. The zero-order valence-electron chi connectivity index (χ0n) is 17.2. The minimum absolute atomic E-state index is 0.0910. The van der Waals surface area contributed by atoms with Crippen LogP contribution in [0.4, 0.5) is 4.79 Å². The summed E-state index contributed by atoms with van der Waals surface area (Å²) in [5.41, 5.74) is 0.814. The number of aromatic nitrogens is 2. The topological polar surface area (TPSA) is 93.1 Å². The van der Waals surface area contributed by atoms with E-state index in [1.807, 2.05) is 22.9 Å². The molecule has 0 aliphatic carbocycles. The fraction of sp³-hybridized carbons (Fsp3) is 0.400. The lowest BCUT2D eigenvalue weighted by Crippen LogP contribution is -2.41. The van der Waals surface area contributed by atoms with Crippen LogP contribution in [0.25, 0.3) is 20.7 Å². The zero-order valence-corrected chi connectivity index (χ0v) is 19.7. The molecule has 0 fully saturated rings. The number of imide groups is 1. The van der Waals surface area contributed by atoms with E-state index in [2.05, 4.69) is 24.5 Å². The minimum atomic E-state index is -0.589. The number of urea groups is 1. The molecule has 0 aromatic carbocycles. The van der Waals surface area contributed by atoms with Crippen LogP contribution >= 0.6 is 34.4 Å². The van der Waals surface area contributed by atoms with Crippen molar-refractivity contribution in [3.63, 3.8) is 0 Å². The third kappa shape index (κ3) is 4.93. The number of nitrogens with one attached hydrogen (secondary N) is 2. The molecule has 3 aromatic rings. The van der Waals surface area contributed by atoms with Gasteiger partial charge >= 0.3 is 6.03 Å². The Kier molecular flexibility index (Phi) is 7.32. The molecular formula is C20H24N4O3S3. The quantitative estimate of drug-likeness (QED) is 0.404. The Balaban J connectivity index is 2.02. The summed E-state index contributed by atoms with van der Waals surface area (Å²) in [6.07, 6.45) is 0.817. The van der Waals surface area contributed by atoms with E-state index < -0.39 is 17.2 Å². The normalized spacial score (nSPS) is 12.3. The Morgan fingerprint density at radius 3 is 2.67 bits per heavy atom. The van der Waals surface area contributed by atoms with Crippen LogP contribution in [0.5, 0.6) is 0 Å². The largest absolute Gasteiger partial charge is 0.341 e. The number of carbonyl (C=O) groups is 2. The van der Waals surface area contributed by atoms with Gasteiger partial charge in [0.25, 0.3) is 5.56 Å². The lowest BCUT2D eigenvalue weighted by Gasteiger charge is -2.16. The van der Waals surface area contributed by atoms with Crippen LogP contribution in [-0.4, -0.2) is 33.8 Å². The first-order valence-corrected chi connectivity index (χ1v) is 12.2. The molecule has 2 N–H and O–H groups in total. The highest BCUT2D eigenvalue weighted by molar-refractivity contribution is 8.00. The summed E-state index contributed by atoms with van der Waals surface area (Å²) in [6.45, 7) is 6.42. The van der Waals surface area contributed by atoms with Crippen molar-refractivity contribution in [1.29, 1.82) is 0 Å². The summed E-state index contributed by atoms with van der Waals surface area (Å²) in [4.78, 5) is 43.6. The van der Waals surface area contributed by atoms with Gasteiger partial charge in [0.05, 0.1) is 10.6 Å². The molecule has 0 aliphatic rings. The highest BCUT2D eigenvalue weighted by atomic mass is 32.2. The molecule has 0 bridgehead atoms. The van der Waals surface area contributed by atoms with Crippen molar-refractivity contribution in [1.82, 2.24) is 20.2 Å². The Morgan fingerprint density at radius 1 is 1.27 bits per heavy atom. The molecule has 0 saturated carbocycles. The van der Waals surface area contributed by atoms with Crippen LogP contribution in [0.1, 0.15) is 27.2 Å². The molecular weight excluding hydrogens is 440 g/mol. The predicted molar refractivity (Wildman–Crippen MR) is 125 cm³/mol. The molecule has 1 unspecified atom stereocenters. The van der Waals surface area contributed by atoms with Gasteiger partial charge in [-0.1, -0.05) is 31.7 Å². The van der Waals surface area contributed by atoms with Gasteiger partial charge in [-0.3, -0.25) is 19.5 Å². The van der Waals surface area contributed by atoms with Crippen molar-refractivity contribution in [2.45, 2.75) is 44.1 Å². The molecule has 3 amide bonds. The van der Waals surface area contributed by atoms with Crippen LogP contribution in [-0.2, 0) is 11.3 Å². The summed E-state index contributed by atoms with van der Waals surface area (Å²) in [6, 6.07) is 3.40. The van der Waals surface area contributed by atoms with Gasteiger partial charge < -0.3 is 5.32 Å². The smallest absolute Gasteiger partial charge is 0.321 e. The number of nitrogens with zero attached hydrogens (tertiary/aromatic N) is 2. The molecule has 160 valence electrons. The molecule has 0 aliphatic heterocycles. The van der Waals surface area contributed by atoms with Crippen LogP contribution in [0.2, 0.25) is 0 Å². The third-order valence-electron chi connectivity index (χ3n) is 4.49. The number of hydrogen-bond donors (Lipinski definition) is 2. The van der Waals surface area contributed by atoms with Gasteiger partial charge in [-0.2, -0.15) is 0 Å². The first-order chi connectivity index (χ1) is 14.3. The summed E-state index contributed by atoms with van der Waals surface area (Å²) >= 11 is 4.20. The summed E-state index contributed by atoms with van der Waals surface area (Å²) in [5, 5.41) is 9.11. The summed E-state index contributed by atoms with van der Waals surface area (Å²) in [7, 11) is 1.45. The van der Waals surface area contributed by atoms with E-state index in [0.29, 0.717) is 27.8 Å². The van der Waals surface area contributed by atoms with Crippen molar-refractivity contribution in [3.05, 3.63) is 33.2 Å². The number of thioether (sulfide) groups is 1. The third-order valence-corrected chi connectivity index (χ3v) is 7.36. The van der Waals surface area contributed by atoms with E-state index in [1.54, 1.807) is 22.8 Å². The Hall–Kier alpha value is -2.17. The summed E-state index contributed by atoms with van der Waals surface area (Å²) < 4.78 is 1.67. The molecule has 1 atom stereocenters. The van der Waals surface area contributed by atoms with Gasteiger partial charge in [-0.05, 0) is 30.7 Å². The number of fused-ring (bicyclic) bond motifs is 1. The Bertz CT molecular complexity index is 1100. The highest BCUT2D eigenvalue weighted by Crippen LogP contribution is 2.35. The van der Waals surface area contributed by atoms with E-state index >= 15 is 0 Å². The van der Waals surface area contributed by atoms with Gasteiger partial charge in [0, 0.05) is 29.4 Å². The van der Waals surface area contributed by atoms with E-state index in [1.165, 1.54) is 30.1 Å². The van der Waals surface area contributed by atoms with Crippen LogP contribution in [0, 0.1) is 5.92 Å². The molecule has 3 heterocycles. The second kappa shape index (κ2) is 9.76.